The first-order chi connectivity index (χ1) is 6.66. The zero-order valence-corrected chi connectivity index (χ0v) is 7.86. The Balaban J connectivity index is 2.14. The molecule has 0 amide bonds. The van der Waals surface area contributed by atoms with E-state index in [1.54, 1.807) is 25.7 Å². The van der Waals surface area contributed by atoms with Crippen LogP contribution in [-0.4, -0.2) is 23.6 Å². The predicted octanol–water partition coefficient (Wildman–Crippen LogP) is 0.626. The zero-order chi connectivity index (χ0) is 10.2. The topological polar surface area (TPSA) is 46.5 Å². The maximum Gasteiger partial charge on any atom is 0.191 e. The summed E-state index contributed by atoms with van der Waals surface area (Å²) in [7, 11) is 1.50. The summed E-state index contributed by atoms with van der Waals surface area (Å²) in [5.41, 5.74) is -1.41. The fraction of sp³-hybridized carbons (Fsp3) is 0.273. The number of ketones is 1. The highest BCUT2D eigenvalue weighted by Gasteiger charge is 2.48. The average Bonchev–Trinajstić information content (AvgIpc) is 2.76. The lowest BCUT2D eigenvalue weighted by molar-refractivity contribution is -0.128. The maximum absolute atomic E-state index is 11.6. The van der Waals surface area contributed by atoms with Gasteiger partial charge < -0.3 is 9.84 Å². The molecule has 3 nitrogen and oxygen atoms in total. The van der Waals surface area contributed by atoms with Gasteiger partial charge in [0.1, 0.15) is 11.4 Å². The summed E-state index contributed by atoms with van der Waals surface area (Å²) in [4.78, 5) is 11.6. The fourth-order valence-corrected chi connectivity index (χ4v) is 1.68. The lowest BCUT2D eigenvalue weighted by Crippen LogP contribution is -2.40. The molecule has 0 heterocycles. The summed E-state index contributed by atoms with van der Waals surface area (Å²) in [6, 6.07) is 0. The van der Waals surface area contributed by atoms with Crippen molar-refractivity contribution in [3.63, 3.8) is 0 Å². The van der Waals surface area contributed by atoms with Crippen LogP contribution in [0, 0.1) is 31.6 Å². The summed E-state index contributed by atoms with van der Waals surface area (Å²) in [6.07, 6.45) is 8.66. The van der Waals surface area contributed by atoms with Crippen LogP contribution in [0.25, 0.3) is 0 Å². The maximum atomic E-state index is 11.6. The minimum atomic E-state index is -1.41. The first-order valence-corrected chi connectivity index (χ1v) is 4.40. The molecule has 2 aliphatic carbocycles. The van der Waals surface area contributed by atoms with Crippen molar-refractivity contribution in [3.05, 3.63) is 43.4 Å². The van der Waals surface area contributed by atoms with Gasteiger partial charge in [-0.2, -0.15) is 0 Å². The van der Waals surface area contributed by atoms with Crippen LogP contribution in [0.5, 0.6) is 0 Å². The molecule has 2 rings (SSSR count). The molecule has 0 saturated heterocycles. The number of aliphatic hydroxyl groups is 1. The molecule has 73 valence electrons. The summed E-state index contributed by atoms with van der Waals surface area (Å²) >= 11 is 0. The molecule has 0 aromatic heterocycles. The molecule has 1 saturated carbocycles. The number of rotatable bonds is 2. The van der Waals surface area contributed by atoms with E-state index in [4.69, 9.17) is 4.74 Å². The third kappa shape index (κ3) is 1.36. The second-order valence-corrected chi connectivity index (χ2v) is 3.39. The fourth-order valence-electron chi connectivity index (χ4n) is 1.68. The largest absolute Gasteiger partial charge is 0.501 e. The minimum absolute atomic E-state index is 0.229. The SMILES string of the molecule is COC1=CC(=O)C(O)([C]2[CH][CH][CH][CH]2)C1. The lowest BCUT2D eigenvalue weighted by Gasteiger charge is -2.26. The van der Waals surface area contributed by atoms with E-state index in [9.17, 15) is 9.90 Å². The van der Waals surface area contributed by atoms with Crippen LogP contribution in [0.2, 0.25) is 0 Å². The van der Waals surface area contributed by atoms with Crippen molar-refractivity contribution in [1.82, 2.24) is 0 Å². The van der Waals surface area contributed by atoms with E-state index in [2.05, 4.69) is 0 Å². The number of carbonyl (C=O) groups is 1. The molecule has 0 aromatic rings. The van der Waals surface area contributed by atoms with Crippen LogP contribution in [0.4, 0.5) is 0 Å². The molecule has 14 heavy (non-hydrogen) atoms. The Kier molecular flexibility index (Phi) is 2.35. The van der Waals surface area contributed by atoms with E-state index >= 15 is 0 Å². The Hall–Kier alpha value is -0.830. The van der Waals surface area contributed by atoms with Crippen molar-refractivity contribution in [2.75, 3.05) is 7.11 Å². The van der Waals surface area contributed by atoms with Crippen molar-refractivity contribution < 1.29 is 14.6 Å². The molecular formula is C11H11O3. The molecular weight excluding hydrogens is 180 g/mol. The highest BCUT2D eigenvalue weighted by molar-refractivity contribution is 6.02. The molecule has 5 radical (unpaired) electrons. The van der Waals surface area contributed by atoms with E-state index in [1.165, 1.54) is 13.2 Å². The molecule has 1 fully saturated rings. The van der Waals surface area contributed by atoms with Crippen LogP contribution < -0.4 is 0 Å². The number of hydrogen-bond acceptors (Lipinski definition) is 3. The van der Waals surface area contributed by atoms with Crippen molar-refractivity contribution in [1.29, 1.82) is 0 Å². The number of carbonyl (C=O) groups excluding carboxylic acids is 1. The molecule has 1 unspecified atom stereocenters. The Morgan fingerprint density at radius 2 is 2.07 bits per heavy atom. The van der Waals surface area contributed by atoms with Gasteiger partial charge in [-0.25, -0.2) is 0 Å². The highest BCUT2D eigenvalue weighted by Crippen LogP contribution is 2.41. The van der Waals surface area contributed by atoms with Gasteiger partial charge in [0.05, 0.1) is 7.11 Å². The number of ether oxygens (including phenoxy) is 1. The molecule has 1 N–H and O–H groups in total. The number of hydrogen-bond donors (Lipinski definition) is 1. The van der Waals surface area contributed by atoms with Crippen LogP contribution in [0.15, 0.2) is 11.8 Å². The summed E-state index contributed by atoms with van der Waals surface area (Å²) in [5, 5.41) is 10.1. The van der Waals surface area contributed by atoms with Gasteiger partial charge in [-0.1, -0.05) is 0 Å². The van der Waals surface area contributed by atoms with Crippen molar-refractivity contribution in [2.45, 2.75) is 12.0 Å². The minimum Gasteiger partial charge on any atom is -0.501 e. The van der Waals surface area contributed by atoms with Gasteiger partial charge in [0.15, 0.2) is 5.78 Å². The van der Waals surface area contributed by atoms with Crippen LogP contribution in [-0.2, 0) is 9.53 Å². The van der Waals surface area contributed by atoms with Crippen LogP contribution in [0.1, 0.15) is 6.42 Å². The molecule has 0 spiro atoms. The Bertz CT molecular complexity index is 276. The predicted molar refractivity (Wildman–Crippen MR) is 50.1 cm³/mol. The molecule has 0 aliphatic heterocycles. The number of methoxy groups -OCH3 is 1. The van der Waals surface area contributed by atoms with E-state index in [0.29, 0.717) is 11.7 Å². The quantitative estimate of drug-likeness (QED) is 0.696. The van der Waals surface area contributed by atoms with Crippen LogP contribution >= 0.6 is 0 Å². The highest BCUT2D eigenvalue weighted by atomic mass is 16.5. The van der Waals surface area contributed by atoms with Gasteiger partial charge >= 0.3 is 0 Å². The molecule has 0 bridgehead atoms. The Morgan fingerprint density at radius 1 is 1.43 bits per heavy atom. The van der Waals surface area contributed by atoms with Gasteiger partial charge in [0.25, 0.3) is 0 Å². The van der Waals surface area contributed by atoms with E-state index in [-0.39, 0.29) is 12.2 Å². The van der Waals surface area contributed by atoms with E-state index < -0.39 is 5.60 Å². The van der Waals surface area contributed by atoms with E-state index in [1.807, 2.05) is 0 Å². The van der Waals surface area contributed by atoms with Gasteiger partial charge in [-0.15, -0.1) is 0 Å². The van der Waals surface area contributed by atoms with Gasteiger partial charge in [0.2, 0.25) is 0 Å². The normalized spacial score (nSPS) is 33.6. The summed E-state index contributed by atoms with van der Waals surface area (Å²) < 4.78 is 4.96. The summed E-state index contributed by atoms with van der Waals surface area (Å²) in [6.45, 7) is 0. The summed E-state index contributed by atoms with van der Waals surface area (Å²) in [5.74, 6) is 0.852. The first-order valence-electron chi connectivity index (χ1n) is 4.40. The van der Waals surface area contributed by atoms with Gasteiger partial charge in [0, 0.05) is 18.4 Å². The standard InChI is InChI=1S/C11H11O3/c1-14-9-6-10(12)11(13,7-9)8-4-2-3-5-8/h2-6,13H,7H2,1H3. The Labute approximate surface area is 83.8 Å². The third-order valence-electron chi connectivity index (χ3n) is 2.53. The molecule has 2 aliphatic rings. The smallest absolute Gasteiger partial charge is 0.191 e. The second kappa shape index (κ2) is 3.39. The van der Waals surface area contributed by atoms with Crippen LogP contribution in [0.3, 0.4) is 0 Å². The zero-order valence-electron chi connectivity index (χ0n) is 7.86. The van der Waals surface area contributed by atoms with Gasteiger partial charge in [-0.05, 0) is 25.7 Å². The average molecular weight is 191 g/mol. The van der Waals surface area contributed by atoms with E-state index in [0.717, 1.165) is 0 Å². The van der Waals surface area contributed by atoms with Crippen molar-refractivity contribution in [2.24, 2.45) is 0 Å². The molecule has 3 heteroatoms. The Morgan fingerprint density at radius 3 is 2.57 bits per heavy atom. The lowest BCUT2D eigenvalue weighted by atomic mass is 9.83. The molecule has 0 aromatic carbocycles. The molecule has 1 atom stereocenters. The first kappa shape index (κ1) is 9.71. The van der Waals surface area contributed by atoms with Crippen molar-refractivity contribution in [3.8, 4) is 0 Å². The van der Waals surface area contributed by atoms with Gasteiger partial charge in [-0.3, -0.25) is 4.79 Å². The van der Waals surface area contributed by atoms with Crippen molar-refractivity contribution >= 4 is 5.78 Å². The second-order valence-electron chi connectivity index (χ2n) is 3.39. The third-order valence-corrected chi connectivity index (χ3v) is 2.53. The monoisotopic (exact) mass is 191 g/mol.